The number of aromatic nitrogens is 1. The van der Waals surface area contributed by atoms with Gasteiger partial charge in [-0.3, -0.25) is 4.79 Å². The van der Waals surface area contributed by atoms with Gasteiger partial charge in [0.1, 0.15) is 0 Å². The van der Waals surface area contributed by atoms with Crippen molar-refractivity contribution in [2.75, 3.05) is 12.4 Å². The highest BCUT2D eigenvalue weighted by Crippen LogP contribution is 2.26. The van der Waals surface area contributed by atoms with Crippen LogP contribution in [0.3, 0.4) is 0 Å². The molecular weight excluding hydrogens is 300 g/mol. The lowest BCUT2D eigenvalue weighted by molar-refractivity contribution is -0.117. The van der Waals surface area contributed by atoms with E-state index in [1.807, 2.05) is 67.6 Å². The fourth-order valence-electron chi connectivity index (χ4n) is 2.82. The number of carbonyl (C=O) groups excluding carboxylic acids is 1. The van der Waals surface area contributed by atoms with Crippen molar-refractivity contribution in [2.24, 2.45) is 0 Å². The fraction of sp³-hybridized carbons (Fsp3) is 0.200. The van der Waals surface area contributed by atoms with Gasteiger partial charge >= 0.3 is 0 Å². The number of benzene rings is 2. The Kier molecular flexibility index (Phi) is 4.75. The van der Waals surface area contributed by atoms with Crippen molar-refractivity contribution in [1.82, 2.24) is 4.98 Å². The smallest absolute Gasteiger partial charge is 0.231 e. The van der Waals surface area contributed by atoms with Gasteiger partial charge in [0, 0.05) is 11.5 Å². The minimum absolute atomic E-state index is 0.0270. The molecule has 0 fully saturated rings. The van der Waals surface area contributed by atoms with Gasteiger partial charge in [-0.05, 0) is 24.1 Å². The van der Waals surface area contributed by atoms with E-state index in [2.05, 4.69) is 10.3 Å². The van der Waals surface area contributed by atoms with Crippen LogP contribution in [0.5, 0.6) is 5.88 Å². The second-order valence-electron chi connectivity index (χ2n) is 5.59. The van der Waals surface area contributed by atoms with Gasteiger partial charge in [0.25, 0.3) is 0 Å². The first-order chi connectivity index (χ1) is 11.7. The zero-order valence-corrected chi connectivity index (χ0v) is 13.8. The molecule has 4 nitrogen and oxygen atoms in total. The normalized spacial score (nSPS) is 11.9. The maximum absolute atomic E-state index is 12.8. The number of carbonyl (C=O) groups is 1. The number of hydrogen-bond donors (Lipinski definition) is 1. The number of amides is 1. The molecule has 0 aliphatic heterocycles. The average molecular weight is 320 g/mol. The molecule has 1 N–H and O–H groups in total. The molecule has 3 aromatic rings. The minimum atomic E-state index is -0.188. The van der Waals surface area contributed by atoms with E-state index in [1.165, 1.54) is 0 Å². The van der Waals surface area contributed by atoms with E-state index in [-0.39, 0.29) is 11.8 Å². The second-order valence-corrected chi connectivity index (χ2v) is 5.59. The monoisotopic (exact) mass is 320 g/mol. The summed E-state index contributed by atoms with van der Waals surface area (Å²) in [6.07, 6.45) is 0.733. The number of para-hydroxylation sites is 1. The van der Waals surface area contributed by atoms with Crippen LogP contribution >= 0.6 is 0 Å². The van der Waals surface area contributed by atoms with E-state index >= 15 is 0 Å². The largest absolute Gasteiger partial charge is 0.481 e. The molecular formula is C20H20N2O2. The number of methoxy groups -OCH3 is 1. The summed E-state index contributed by atoms with van der Waals surface area (Å²) in [5, 5.41) is 3.99. The third-order valence-electron chi connectivity index (χ3n) is 4.09. The highest BCUT2D eigenvalue weighted by Gasteiger charge is 2.19. The summed E-state index contributed by atoms with van der Waals surface area (Å²) < 4.78 is 5.20. The number of anilines is 1. The van der Waals surface area contributed by atoms with Crippen LogP contribution in [0.15, 0.2) is 60.7 Å². The van der Waals surface area contributed by atoms with Crippen molar-refractivity contribution >= 4 is 22.5 Å². The van der Waals surface area contributed by atoms with Crippen molar-refractivity contribution in [3.63, 3.8) is 0 Å². The first-order valence-electron chi connectivity index (χ1n) is 8.02. The number of rotatable bonds is 5. The van der Waals surface area contributed by atoms with Gasteiger partial charge in [-0.1, -0.05) is 49.4 Å². The van der Waals surface area contributed by atoms with Crippen LogP contribution in [0.1, 0.15) is 24.8 Å². The highest BCUT2D eigenvalue weighted by molar-refractivity contribution is 6.02. The lowest BCUT2D eigenvalue weighted by Gasteiger charge is -2.16. The van der Waals surface area contributed by atoms with Crippen LogP contribution in [-0.4, -0.2) is 18.0 Å². The molecule has 3 rings (SSSR count). The predicted molar refractivity (Wildman–Crippen MR) is 96.4 cm³/mol. The minimum Gasteiger partial charge on any atom is -0.481 e. The summed E-state index contributed by atoms with van der Waals surface area (Å²) in [6.45, 7) is 2.02. The van der Waals surface area contributed by atoms with Gasteiger partial charge in [-0.15, -0.1) is 0 Å². The Morgan fingerprint density at radius 2 is 1.88 bits per heavy atom. The predicted octanol–water partition coefficient (Wildman–Crippen LogP) is 4.38. The zero-order chi connectivity index (χ0) is 16.9. The fourth-order valence-corrected chi connectivity index (χ4v) is 2.82. The molecule has 4 heteroatoms. The maximum Gasteiger partial charge on any atom is 0.231 e. The van der Waals surface area contributed by atoms with E-state index in [0.717, 1.165) is 22.9 Å². The molecule has 0 saturated heterocycles. The Bertz CT molecular complexity index is 847. The van der Waals surface area contributed by atoms with E-state index in [0.29, 0.717) is 11.6 Å². The van der Waals surface area contributed by atoms with Gasteiger partial charge in [-0.2, -0.15) is 0 Å². The van der Waals surface area contributed by atoms with Gasteiger partial charge in [0.05, 0.1) is 24.2 Å². The molecule has 0 saturated carbocycles. The lowest BCUT2D eigenvalue weighted by Crippen LogP contribution is -2.21. The van der Waals surface area contributed by atoms with Crippen molar-refractivity contribution in [3.05, 3.63) is 66.2 Å². The van der Waals surface area contributed by atoms with Crippen molar-refractivity contribution in [2.45, 2.75) is 19.3 Å². The Hall–Kier alpha value is -2.88. The SMILES string of the molecule is CC[C@@H](C(=O)Nc1cccc2ccc(OC)nc12)c1ccccc1. The average Bonchev–Trinajstić information content (AvgIpc) is 2.63. The van der Waals surface area contributed by atoms with Gasteiger partial charge < -0.3 is 10.1 Å². The van der Waals surface area contributed by atoms with Gasteiger partial charge in [0.15, 0.2) is 0 Å². The Morgan fingerprint density at radius 1 is 1.08 bits per heavy atom. The van der Waals surface area contributed by atoms with Crippen molar-refractivity contribution in [3.8, 4) is 5.88 Å². The van der Waals surface area contributed by atoms with Crippen molar-refractivity contribution < 1.29 is 9.53 Å². The third-order valence-corrected chi connectivity index (χ3v) is 4.09. The molecule has 1 heterocycles. The number of ether oxygens (including phenoxy) is 1. The second kappa shape index (κ2) is 7.13. The summed E-state index contributed by atoms with van der Waals surface area (Å²) in [6, 6.07) is 19.3. The molecule has 0 aliphatic rings. The molecule has 24 heavy (non-hydrogen) atoms. The lowest BCUT2D eigenvalue weighted by atomic mass is 9.95. The summed E-state index contributed by atoms with van der Waals surface area (Å²) >= 11 is 0. The summed E-state index contributed by atoms with van der Waals surface area (Å²) in [5.41, 5.74) is 2.45. The van der Waals surface area contributed by atoms with Gasteiger partial charge in [0.2, 0.25) is 11.8 Å². The van der Waals surface area contributed by atoms with Crippen molar-refractivity contribution in [1.29, 1.82) is 0 Å². The molecule has 122 valence electrons. The first-order valence-corrected chi connectivity index (χ1v) is 8.02. The Labute approximate surface area is 141 Å². The van der Waals surface area contributed by atoms with E-state index in [9.17, 15) is 4.79 Å². The van der Waals surface area contributed by atoms with Crippen LogP contribution in [0.2, 0.25) is 0 Å². The van der Waals surface area contributed by atoms with Crippen LogP contribution < -0.4 is 10.1 Å². The number of pyridine rings is 1. The molecule has 0 bridgehead atoms. The molecule has 1 amide bonds. The van der Waals surface area contributed by atoms with E-state index < -0.39 is 0 Å². The Balaban J connectivity index is 1.92. The standard InChI is InChI=1S/C20H20N2O2/c1-3-16(14-8-5-4-6-9-14)20(23)21-17-11-7-10-15-12-13-18(24-2)22-19(15)17/h4-13,16H,3H2,1-2H3,(H,21,23)/t16-/m1/s1. The molecule has 0 unspecified atom stereocenters. The summed E-state index contributed by atoms with van der Waals surface area (Å²) in [4.78, 5) is 17.2. The molecule has 1 atom stereocenters. The van der Waals surface area contributed by atoms with E-state index in [1.54, 1.807) is 7.11 Å². The molecule has 0 spiro atoms. The topological polar surface area (TPSA) is 51.2 Å². The molecule has 0 aliphatic carbocycles. The molecule has 2 aromatic carbocycles. The van der Waals surface area contributed by atoms with Crippen LogP contribution in [0.25, 0.3) is 10.9 Å². The number of hydrogen-bond acceptors (Lipinski definition) is 3. The number of fused-ring (bicyclic) bond motifs is 1. The van der Waals surface area contributed by atoms with E-state index in [4.69, 9.17) is 4.74 Å². The third kappa shape index (κ3) is 3.23. The molecule has 1 aromatic heterocycles. The number of nitrogens with zero attached hydrogens (tertiary/aromatic N) is 1. The van der Waals surface area contributed by atoms with Gasteiger partial charge in [-0.25, -0.2) is 4.98 Å². The number of nitrogens with one attached hydrogen (secondary N) is 1. The quantitative estimate of drug-likeness (QED) is 0.759. The highest BCUT2D eigenvalue weighted by atomic mass is 16.5. The Morgan fingerprint density at radius 3 is 2.58 bits per heavy atom. The zero-order valence-electron chi connectivity index (χ0n) is 13.8. The summed E-state index contributed by atoms with van der Waals surface area (Å²) in [5.74, 6) is 0.312. The molecule has 0 radical (unpaired) electrons. The summed E-state index contributed by atoms with van der Waals surface area (Å²) in [7, 11) is 1.58. The first kappa shape index (κ1) is 16.0. The van der Waals surface area contributed by atoms with Crippen LogP contribution in [0.4, 0.5) is 5.69 Å². The van der Waals surface area contributed by atoms with Crippen LogP contribution in [-0.2, 0) is 4.79 Å². The van der Waals surface area contributed by atoms with Crippen LogP contribution in [0, 0.1) is 0 Å². The maximum atomic E-state index is 12.8.